The average molecular weight is 294 g/mol. The molecule has 0 N–H and O–H groups in total. The van der Waals surface area contributed by atoms with Crippen LogP contribution in [0.1, 0.15) is 5.56 Å². The second kappa shape index (κ2) is 15.6. The molecule has 22 heavy (non-hydrogen) atoms. The van der Waals surface area contributed by atoms with Gasteiger partial charge in [-0.25, -0.2) is 4.79 Å². The van der Waals surface area contributed by atoms with Crippen molar-refractivity contribution in [2.24, 2.45) is 0 Å². The van der Waals surface area contributed by atoms with E-state index in [1.807, 2.05) is 18.2 Å². The summed E-state index contributed by atoms with van der Waals surface area (Å²) in [6, 6.07) is 9.08. The van der Waals surface area contributed by atoms with Crippen molar-refractivity contribution >= 4 is 24.0 Å². The van der Waals surface area contributed by atoms with Gasteiger partial charge in [-0.15, -0.1) is 0 Å². The Hall–Kier alpha value is -1.77. The van der Waals surface area contributed by atoms with E-state index in [2.05, 4.69) is 4.94 Å². The largest absolute Gasteiger partial charge is 1.00 e. The number of carbonyl (C=O) groups excluding carboxylic acids is 3. The fraction of sp³-hybridized carbons (Fsp3) is 0. The molecule has 0 aliphatic carbocycles. The first-order chi connectivity index (χ1) is 9.45. The summed E-state index contributed by atoms with van der Waals surface area (Å²) in [6.45, 7) is 0. The van der Waals surface area contributed by atoms with E-state index < -0.39 is 17.9 Å². The molecule has 0 heterocycles. The SMILES string of the molecule is O=C(C=Cc1ccccc1)OF.O=C([O-])/C=C\C(=O)[O-].[Li+].[Li+]. The summed E-state index contributed by atoms with van der Waals surface area (Å²) in [6.07, 6.45) is 3.27. The van der Waals surface area contributed by atoms with Crippen LogP contribution in [0.2, 0.25) is 0 Å². The maximum atomic E-state index is 11.2. The molecule has 9 heteroatoms. The van der Waals surface area contributed by atoms with E-state index >= 15 is 0 Å². The monoisotopic (exact) mass is 294 g/mol. The van der Waals surface area contributed by atoms with Crippen molar-refractivity contribution in [3.05, 3.63) is 54.1 Å². The van der Waals surface area contributed by atoms with Gasteiger partial charge in [0.1, 0.15) is 0 Å². The van der Waals surface area contributed by atoms with Gasteiger partial charge in [-0.05, 0) is 23.8 Å². The van der Waals surface area contributed by atoms with Gasteiger partial charge in [-0.2, -0.15) is 0 Å². The average Bonchev–Trinajstić information content (AvgIpc) is 2.44. The minimum atomic E-state index is -1.55. The van der Waals surface area contributed by atoms with Crippen LogP contribution in [0.25, 0.3) is 6.08 Å². The molecule has 106 valence electrons. The number of rotatable bonds is 4. The molecule has 0 aromatic heterocycles. The second-order valence-electron chi connectivity index (χ2n) is 3.11. The topological polar surface area (TPSA) is 107 Å². The standard InChI is InChI=1S/C9H7FO2.C4H4O4.2Li/c10-12-9(11)7-6-8-4-2-1-3-5-8;5-3(6)1-2-4(7)8;;/h1-7H;1-2H,(H,5,6)(H,7,8);;/q;;2*+1/p-2/b;2-1-;;. The first-order valence-corrected chi connectivity index (χ1v) is 5.11. The van der Waals surface area contributed by atoms with Crippen molar-refractivity contribution < 1.29 is 71.8 Å². The molecule has 1 rings (SSSR count). The second-order valence-corrected chi connectivity index (χ2v) is 3.11. The van der Waals surface area contributed by atoms with Gasteiger partial charge in [-0.3, -0.25) is 4.94 Å². The molecule has 0 atom stereocenters. The molecule has 0 spiro atoms. The number of benzene rings is 1. The number of carbonyl (C=O) groups is 3. The zero-order chi connectivity index (χ0) is 15.4. The Morgan fingerprint density at radius 1 is 0.909 bits per heavy atom. The van der Waals surface area contributed by atoms with Crippen molar-refractivity contribution in [3.8, 4) is 0 Å². The minimum Gasteiger partial charge on any atom is -0.545 e. The van der Waals surface area contributed by atoms with Gasteiger partial charge in [0.2, 0.25) is 0 Å². The summed E-state index contributed by atoms with van der Waals surface area (Å²) < 4.78 is 11.2. The molecular weight excluding hydrogens is 285 g/mol. The maximum Gasteiger partial charge on any atom is 1.00 e. The number of hydrogen-bond acceptors (Lipinski definition) is 6. The Morgan fingerprint density at radius 3 is 1.73 bits per heavy atom. The normalized spacial score (nSPS) is 8.95. The molecule has 0 unspecified atom stereocenters. The molecule has 0 bridgehead atoms. The first-order valence-electron chi connectivity index (χ1n) is 5.11. The predicted molar refractivity (Wildman–Crippen MR) is 61.8 cm³/mol. The fourth-order valence-corrected chi connectivity index (χ4v) is 0.890. The zero-order valence-corrected chi connectivity index (χ0v) is 12.0. The Balaban J connectivity index is -0.000000323. The van der Waals surface area contributed by atoms with E-state index in [-0.39, 0.29) is 37.7 Å². The molecule has 6 nitrogen and oxygen atoms in total. The van der Waals surface area contributed by atoms with Gasteiger partial charge >= 0.3 is 43.7 Å². The van der Waals surface area contributed by atoms with Crippen LogP contribution in [-0.4, -0.2) is 17.9 Å². The van der Waals surface area contributed by atoms with Crippen LogP contribution in [0.5, 0.6) is 0 Å². The van der Waals surface area contributed by atoms with E-state index in [4.69, 9.17) is 0 Å². The van der Waals surface area contributed by atoms with E-state index in [0.717, 1.165) is 11.6 Å². The van der Waals surface area contributed by atoms with Gasteiger partial charge in [0.25, 0.3) is 0 Å². The molecule has 0 saturated carbocycles. The molecule has 0 saturated heterocycles. The minimum absolute atomic E-state index is 0. The maximum absolute atomic E-state index is 11.2. The number of carboxylic acids is 2. The summed E-state index contributed by atoms with van der Waals surface area (Å²) in [5.41, 5.74) is 0.822. The fourth-order valence-electron chi connectivity index (χ4n) is 0.890. The van der Waals surface area contributed by atoms with E-state index in [9.17, 15) is 29.1 Å². The van der Waals surface area contributed by atoms with Crippen molar-refractivity contribution in [2.75, 3.05) is 0 Å². The zero-order valence-electron chi connectivity index (χ0n) is 12.0. The summed E-state index contributed by atoms with van der Waals surface area (Å²) in [7, 11) is 0. The van der Waals surface area contributed by atoms with Crippen molar-refractivity contribution in [1.82, 2.24) is 0 Å². The third-order valence-electron chi connectivity index (χ3n) is 1.64. The smallest absolute Gasteiger partial charge is 0.545 e. The van der Waals surface area contributed by atoms with Crippen molar-refractivity contribution in [3.63, 3.8) is 0 Å². The van der Waals surface area contributed by atoms with E-state index in [1.54, 1.807) is 12.1 Å². The number of carboxylic acid groups (broad SMARTS) is 2. The van der Waals surface area contributed by atoms with Crippen LogP contribution in [-0.2, 0) is 19.3 Å². The van der Waals surface area contributed by atoms with Gasteiger partial charge < -0.3 is 19.8 Å². The van der Waals surface area contributed by atoms with Crippen molar-refractivity contribution in [1.29, 1.82) is 0 Å². The van der Waals surface area contributed by atoms with Crippen LogP contribution in [0.4, 0.5) is 4.53 Å². The summed E-state index contributed by atoms with van der Waals surface area (Å²) in [5.74, 6) is -4.10. The number of hydrogen-bond donors (Lipinski definition) is 0. The van der Waals surface area contributed by atoms with Crippen LogP contribution < -0.4 is 47.9 Å². The van der Waals surface area contributed by atoms with Gasteiger partial charge in [0.05, 0.1) is 11.9 Å². The Bertz CT molecular complexity index is 501. The Morgan fingerprint density at radius 2 is 1.36 bits per heavy atom. The van der Waals surface area contributed by atoms with Crippen LogP contribution in [0.3, 0.4) is 0 Å². The number of aliphatic carboxylic acids is 2. The van der Waals surface area contributed by atoms with Crippen LogP contribution in [0.15, 0.2) is 48.6 Å². The Labute approximate surface area is 149 Å². The first kappa shape index (κ1) is 25.2. The Kier molecular flexibility index (Phi) is 17.9. The molecule has 1 aromatic carbocycles. The molecule has 0 amide bonds. The molecule has 1 aromatic rings. The summed E-state index contributed by atoms with van der Waals surface area (Å²) in [5, 5.41) is 18.8. The number of halogens is 1. The van der Waals surface area contributed by atoms with Gasteiger partial charge in [-0.1, -0.05) is 30.3 Å². The molecule has 0 aliphatic rings. The predicted octanol–water partition coefficient (Wildman–Crippen LogP) is -6.82. The third kappa shape index (κ3) is 16.3. The van der Waals surface area contributed by atoms with Crippen LogP contribution >= 0.6 is 0 Å². The molecule has 0 radical (unpaired) electrons. The quantitative estimate of drug-likeness (QED) is 0.403. The van der Waals surface area contributed by atoms with Gasteiger partial charge in [0, 0.05) is 10.6 Å². The molecule has 0 fully saturated rings. The third-order valence-corrected chi connectivity index (χ3v) is 1.64. The van der Waals surface area contributed by atoms with Crippen LogP contribution in [0, 0.1) is 0 Å². The summed E-state index contributed by atoms with van der Waals surface area (Å²) >= 11 is 0. The van der Waals surface area contributed by atoms with E-state index in [0.29, 0.717) is 12.2 Å². The van der Waals surface area contributed by atoms with E-state index in [1.165, 1.54) is 6.08 Å². The van der Waals surface area contributed by atoms with Crippen molar-refractivity contribution in [2.45, 2.75) is 0 Å². The molecule has 0 aliphatic heterocycles. The molecular formula is C13H9FLi2O6. The van der Waals surface area contributed by atoms with Gasteiger partial charge in [0.15, 0.2) is 0 Å². The summed E-state index contributed by atoms with van der Waals surface area (Å²) in [4.78, 5) is 32.1.